The van der Waals surface area contributed by atoms with Gasteiger partial charge in [0, 0.05) is 23.6 Å². The fourth-order valence-corrected chi connectivity index (χ4v) is 2.44. The molecular weight excluding hydrogens is 310 g/mol. The summed E-state index contributed by atoms with van der Waals surface area (Å²) in [4.78, 5) is 12.3. The lowest BCUT2D eigenvalue weighted by Crippen LogP contribution is -2.26. The van der Waals surface area contributed by atoms with Gasteiger partial charge in [0.1, 0.15) is 0 Å². The highest BCUT2D eigenvalue weighted by molar-refractivity contribution is 5.94. The summed E-state index contributed by atoms with van der Waals surface area (Å²) in [5.41, 5.74) is 1.96. The third kappa shape index (κ3) is 3.35. The molecule has 2 aromatic carbocycles. The number of hydrogen-bond acceptors (Lipinski definition) is 1. The molecule has 3 rings (SSSR count). The summed E-state index contributed by atoms with van der Waals surface area (Å²) in [6, 6.07) is 14.2. The van der Waals surface area contributed by atoms with Gasteiger partial charge >= 0.3 is 0 Å². The largest absolute Gasteiger partial charge is 0.346 e. The van der Waals surface area contributed by atoms with Gasteiger partial charge in [0.05, 0.1) is 6.04 Å². The highest BCUT2D eigenvalue weighted by atomic mass is 19.2. The first-order chi connectivity index (χ1) is 11.5. The van der Waals surface area contributed by atoms with E-state index < -0.39 is 17.7 Å². The van der Waals surface area contributed by atoms with E-state index in [1.807, 2.05) is 41.2 Å². The number of aromatic nitrogens is 1. The number of benzene rings is 2. The molecule has 0 fully saturated rings. The summed E-state index contributed by atoms with van der Waals surface area (Å²) >= 11 is 0. The molecule has 1 aromatic heterocycles. The Balaban J connectivity index is 1.71. The average molecular weight is 326 g/mol. The van der Waals surface area contributed by atoms with Crippen LogP contribution in [0.2, 0.25) is 0 Å². The van der Waals surface area contributed by atoms with Gasteiger partial charge in [-0.15, -0.1) is 0 Å². The number of amides is 1. The fraction of sp³-hybridized carbons (Fsp3) is 0.105. The molecule has 122 valence electrons. The number of halogens is 2. The zero-order valence-corrected chi connectivity index (χ0v) is 13.0. The Morgan fingerprint density at radius 1 is 1.00 bits per heavy atom. The van der Waals surface area contributed by atoms with E-state index in [4.69, 9.17) is 0 Å². The number of nitrogens with zero attached hydrogens (tertiary/aromatic N) is 1. The standard InChI is InChI=1S/C19H16F2N2O/c1-13(15-6-9-17(20)18(21)12-15)22-19(24)14-4-7-16(8-5-14)23-10-2-3-11-23/h2-13H,1H3,(H,22,24). The normalized spacial score (nSPS) is 12.0. The topological polar surface area (TPSA) is 34.0 Å². The van der Waals surface area contributed by atoms with Crippen LogP contribution >= 0.6 is 0 Å². The Hall–Kier alpha value is -2.95. The van der Waals surface area contributed by atoms with E-state index in [-0.39, 0.29) is 5.91 Å². The van der Waals surface area contributed by atoms with Crippen LogP contribution in [0.1, 0.15) is 28.9 Å². The number of hydrogen-bond donors (Lipinski definition) is 1. The molecule has 0 aliphatic carbocycles. The minimum absolute atomic E-state index is 0.272. The quantitative estimate of drug-likeness (QED) is 0.764. The summed E-state index contributed by atoms with van der Waals surface area (Å²) in [5, 5.41) is 2.78. The first-order valence-electron chi connectivity index (χ1n) is 7.54. The number of carbonyl (C=O) groups is 1. The Bertz CT molecular complexity index is 842. The Morgan fingerprint density at radius 3 is 2.29 bits per heavy atom. The van der Waals surface area contributed by atoms with E-state index in [1.54, 1.807) is 19.1 Å². The van der Waals surface area contributed by atoms with Crippen LogP contribution < -0.4 is 5.32 Å². The van der Waals surface area contributed by atoms with E-state index in [1.165, 1.54) is 6.07 Å². The van der Waals surface area contributed by atoms with Crippen molar-refractivity contribution < 1.29 is 13.6 Å². The van der Waals surface area contributed by atoms with Crippen LogP contribution in [-0.2, 0) is 0 Å². The van der Waals surface area contributed by atoms with E-state index in [0.717, 1.165) is 17.8 Å². The van der Waals surface area contributed by atoms with Crippen LogP contribution in [-0.4, -0.2) is 10.5 Å². The molecule has 1 atom stereocenters. The van der Waals surface area contributed by atoms with Gasteiger partial charge in [-0.2, -0.15) is 0 Å². The minimum Gasteiger partial charge on any atom is -0.346 e. The van der Waals surface area contributed by atoms with Crippen LogP contribution in [0.3, 0.4) is 0 Å². The van der Waals surface area contributed by atoms with Gasteiger partial charge < -0.3 is 9.88 Å². The van der Waals surface area contributed by atoms with Crippen molar-refractivity contribution in [3.8, 4) is 5.69 Å². The third-order valence-corrected chi connectivity index (χ3v) is 3.82. The van der Waals surface area contributed by atoms with E-state index in [0.29, 0.717) is 11.1 Å². The molecule has 5 heteroatoms. The van der Waals surface area contributed by atoms with E-state index >= 15 is 0 Å². The summed E-state index contributed by atoms with van der Waals surface area (Å²) in [7, 11) is 0. The van der Waals surface area contributed by atoms with E-state index in [2.05, 4.69) is 5.32 Å². The predicted octanol–water partition coefficient (Wildman–Crippen LogP) is 4.25. The first-order valence-corrected chi connectivity index (χ1v) is 7.54. The highest BCUT2D eigenvalue weighted by Crippen LogP contribution is 2.17. The maximum absolute atomic E-state index is 13.3. The lowest BCUT2D eigenvalue weighted by molar-refractivity contribution is 0.0940. The van der Waals surface area contributed by atoms with Gasteiger partial charge in [-0.3, -0.25) is 4.79 Å². The van der Waals surface area contributed by atoms with Crippen molar-refractivity contribution in [3.05, 3.63) is 89.8 Å². The Kier molecular flexibility index (Phi) is 4.42. The second kappa shape index (κ2) is 6.66. The van der Waals surface area contributed by atoms with Crippen LogP contribution in [0.5, 0.6) is 0 Å². The second-order valence-electron chi connectivity index (χ2n) is 5.51. The van der Waals surface area contributed by atoms with Crippen molar-refractivity contribution in [1.82, 2.24) is 9.88 Å². The van der Waals surface area contributed by atoms with Crippen molar-refractivity contribution in [2.45, 2.75) is 13.0 Å². The second-order valence-corrected chi connectivity index (χ2v) is 5.51. The monoisotopic (exact) mass is 326 g/mol. The first kappa shape index (κ1) is 15.9. The molecule has 0 aliphatic rings. The zero-order chi connectivity index (χ0) is 17.1. The summed E-state index contributed by atoms with van der Waals surface area (Å²) < 4.78 is 28.2. The molecule has 0 spiro atoms. The average Bonchev–Trinajstić information content (AvgIpc) is 3.12. The van der Waals surface area contributed by atoms with Gasteiger partial charge in [0.2, 0.25) is 0 Å². The summed E-state index contributed by atoms with van der Waals surface area (Å²) in [6.45, 7) is 1.72. The lowest BCUT2D eigenvalue weighted by Gasteiger charge is -2.15. The Labute approximate surface area is 138 Å². The van der Waals surface area contributed by atoms with Crippen molar-refractivity contribution in [2.24, 2.45) is 0 Å². The predicted molar refractivity (Wildman–Crippen MR) is 88.0 cm³/mol. The van der Waals surface area contributed by atoms with Crippen LogP contribution in [0, 0.1) is 11.6 Å². The van der Waals surface area contributed by atoms with Crippen LogP contribution in [0.15, 0.2) is 67.0 Å². The molecule has 3 nitrogen and oxygen atoms in total. The van der Waals surface area contributed by atoms with Crippen molar-refractivity contribution in [1.29, 1.82) is 0 Å². The number of rotatable bonds is 4. The van der Waals surface area contributed by atoms with Crippen molar-refractivity contribution in [3.63, 3.8) is 0 Å². The molecule has 0 bridgehead atoms. The number of nitrogens with one attached hydrogen (secondary N) is 1. The molecule has 1 heterocycles. The maximum atomic E-state index is 13.3. The fourth-order valence-electron chi connectivity index (χ4n) is 2.44. The smallest absolute Gasteiger partial charge is 0.251 e. The highest BCUT2D eigenvalue weighted by Gasteiger charge is 2.13. The molecule has 1 amide bonds. The minimum atomic E-state index is -0.926. The van der Waals surface area contributed by atoms with E-state index in [9.17, 15) is 13.6 Å². The zero-order valence-electron chi connectivity index (χ0n) is 13.0. The van der Waals surface area contributed by atoms with Gasteiger partial charge in [-0.25, -0.2) is 8.78 Å². The van der Waals surface area contributed by atoms with Crippen molar-refractivity contribution in [2.75, 3.05) is 0 Å². The summed E-state index contributed by atoms with van der Waals surface area (Å²) in [6.07, 6.45) is 3.83. The molecule has 1 unspecified atom stereocenters. The molecule has 0 aliphatic heterocycles. The summed E-state index contributed by atoms with van der Waals surface area (Å²) in [5.74, 6) is -2.10. The van der Waals surface area contributed by atoms with Crippen LogP contribution in [0.4, 0.5) is 8.78 Å². The lowest BCUT2D eigenvalue weighted by atomic mass is 10.1. The molecule has 1 N–H and O–H groups in total. The molecule has 0 saturated carbocycles. The molecule has 0 radical (unpaired) electrons. The van der Waals surface area contributed by atoms with Gasteiger partial charge in [-0.05, 0) is 61.0 Å². The van der Waals surface area contributed by atoms with Crippen molar-refractivity contribution >= 4 is 5.91 Å². The molecular formula is C19H16F2N2O. The van der Waals surface area contributed by atoms with Gasteiger partial charge in [0.25, 0.3) is 5.91 Å². The number of carbonyl (C=O) groups excluding carboxylic acids is 1. The van der Waals surface area contributed by atoms with Gasteiger partial charge in [-0.1, -0.05) is 6.07 Å². The Morgan fingerprint density at radius 2 is 1.67 bits per heavy atom. The third-order valence-electron chi connectivity index (χ3n) is 3.82. The van der Waals surface area contributed by atoms with Crippen LogP contribution in [0.25, 0.3) is 5.69 Å². The molecule has 3 aromatic rings. The maximum Gasteiger partial charge on any atom is 0.251 e. The SMILES string of the molecule is CC(NC(=O)c1ccc(-n2cccc2)cc1)c1ccc(F)c(F)c1. The molecule has 0 saturated heterocycles. The molecule has 24 heavy (non-hydrogen) atoms. The van der Waals surface area contributed by atoms with Gasteiger partial charge in [0.15, 0.2) is 11.6 Å².